The largest absolute Gasteiger partial charge is 0.322 e. The summed E-state index contributed by atoms with van der Waals surface area (Å²) in [5, 5.41) is 10.1. The molecule has 5 rings (SSSR count). The number of carbonyl (C=O) groups excluding carboxylic acids is 1. The molecule has 0 bridgehead atoms. The number of hydrogen-bond acceptors (Lipinski definition) is 4. The number of nitrogens with zero attached hydrogens (tertiary/aromatic N) is 3. The third-order valence-corrected chi connectivity index (χ3v) is 5.57. The fourth-order valence-electron chi connectivity index (χ4n) is 3.69. The Morgan fingerprint density at radius 3 is 2.69 bits per heavy atom. The van der Waals surface area contributed by atoms with Gasteiger partial charge in [0.05, 0.1) is 6.54 Å². The van der Waals surface area contributed by atoms with Gasteiger partial charge in [0.25, 0.3) is 11.5 Å². The summed E-state index contributed by atoms with van der Waals surface area (Å²) in [4.78, 5) is 30.2. The Bertz CT molecular complexity index is 1330. The zero-order chi connectivity index (χ0) is 22.1. The van der Waals surface area contributed by atoms with Gasteiger partial charge in [0, 0.05) is 23.4 Å². The smallest absolute Gasteiger partial charge is 0.263 e. The van der Waals surface area contributed by atoms with Crippen LogP contribution in [-0.4, -0.2) is 25.7 Å². The number of hydrogen-bond donors (Lipinski definition) is 2. The fraction of sp³-hybridized carbons (Fsp3) is 0.200. The van der Waals surface area contributed by atoms with E-state index in [1.807, 2.05) is 43.3 Å². The van der Waals surface area contributed by atoms with E-state index in [2.05, 4.69) is 20.5 Å². The number of aromatic nitrogens is 4. The maximum Gasteiger partial charge on any atom is 0.263 e. The lowest BCUT2D eigenvalue weighted by Crippen LogP contribution is -2.29. The molecular weight excluding hydrogens is 402 g/mol. The highest BCUT2D eigenvalue weighted by atomic mass is 16.2. The summed E-state index contributed by atoms with van der Waals surface area (Å²) >= 11 is 0. The Balaban J connectivity index is 1.30. The molecule has 1 amide bonds. The monoisotopic (exact) mass is 425 g/mol. The van der Waals surface area contributed by atoms with Crippen molar-refractivity contribution < 1.29 is 4.79 Å². The number of amides is 1. The Labute approximate surface area is 185 Å². The highest BCUT2D eigenvalue weighted by molar-refractivity contribution is 6.04. The first-order chi connectivity index (χ1) is 15.6. The first-order valence-corrected chi connectivity index (χ1v) is 10.7. The van der Waals surface area contributed by atoms with Crippen LogP contribution in [0.15, 0.2) is 71.7 Å². The average molecular weight is 425 g/mol. The number of H-pyrrole nitrogens is 1. The van der Waals surface area contributed by atoms with Gasteiger partial charge in [-0.1, -0.05) is 29.8 Å². The zero-order valence-electron chi connectivity index (χ0n) is 17.7. The van der Waals surface area contributed by atoms with Crippen LogP contribution < -0.4 is 10.9 Å². The van der Waals surface area contributed by atoms with Crippen molar-refractivity contribution in [3.8, 4) is 11.4 Å². The van der Waals surface area contributed by atoms with E-state index >= 15 is 0 Å². The van der Waals surface area contributed by atoms with E-state index in [0.29, 0.717) is 24.0 Å². The number of benzene rings is 2. The molecule has 0 unspecified atom stereocenters. The van der Waals surface area contributed by atoms with Gasteiger partial charge in [-0.15, -0.1) is 0 Å². The van der Waals surface area contributed by atoms with E-state index in [4.69, 9.17) is 0 Å². The van der Waals surface area contributed by atoms with E-state index in [0.717, 1.165) is 35.4 Å². The van der Waals surface area contributed by atoms with Crippen molar-refractivity contribution in [2.75, 3.05) is 5.32 Å². The van der Waals surface area contributed by atoms with E-state index < -0.39 is 5.91 Å². The van der Waals surface area contributed by atoms with Crippen LogP contribution in [0.2, 0.25) is 0 Å². The molecule has 2 heterocycles. The van der Waals surface area contributed by atoms with E-state index in [-0.39, 0.29) is 11.1 Å². The molecule has 7 heteroatoms. The first-order valence-electron chi connectivity index (χ1n) is 10.7. The molecule has 1 saturated carbocycles. The van der Waals surface area contributed by atoms with E-state index in [1.54, 1.807) is 35.0 Å². The van der Waals surface area contributed by atoms with Crippen LogP contribution in [0.5, 0.6) is 0 Å². The SMILES string of the molecule is Cc1cccc(Cn2cccc(C(=O)Nc3ccc(-c4n[nH]c(C5CC5)n4)cc3)c2=O)c1. The van der Waals surface area contributed by atoms with Gasteiger partial charge in [-0.25, -0.2) is 4.98 Å². The summed E-state index contributed by atoms with van der Waals surface area (Å²) in [6, 6.07) is 18.5. The molecule has 1 aliphatic carbocycles. The lowest BCUT2D eigenvalue weighted by molar-refractivity contribution is 0.102. The summed E-state index contributed by atoms with van der Waals surface area (Å²) in [7, 11) is 0. The van der Waals surface area contributed by atoms with Crippen molar-refractivity contribution in [1.29, 1.82) is 0 Å². The molecule has 1 fully saturated rings. The van der Waals surface area contributed by atoms with Crippen molar-refractivity contribution in [3.63, 3.8) is 0 Å². The summed E-state index contributed by atoms with van der Waals surface area (Å²) in [6.45, 7) is 2.42. The molecule has 0 aliphatic heterocycles. The minimum Gasteiger partial charge on any atom is -0.322 e. The standard InChI is InChI=1S/C25H23N5O2/c1-16-4-2-5-17(14-16)15-30-13-3-6-21(25(30)32)24(31)26-20-11-9-19(10-12-20)23-27-22(28-29-23)18-7-8-18/h2-6,9-14,18H,7-8,15H2,1H3,(H,26,31)(H,27,28,29). The minimum absolute atomic E-state index is 0.104. The summed E-state index contributed by atoms with van der Waals surface area (Å²) < 4.78 is 1.55. The van der Waals surface area contributed by atoms with Crippen LogP contribution in [0.4, 0.5) is 5.69 Å². The van der Waals surface area contributed by atoms with E-state index in [9.17, 15) is 9.59 Å². The molecule has 0 atom stereocenters. The molecule has 0 radical (unpaired) electrons. The molecule has 32 heavy (non-hydrogen) atoms. The Hall–Kier alpha value is -4.00. The minimum atomic E-state index is -0.435. The molecule has 4 aromatic rings. The Morgan fingerprint density at radius 2 is 1.94 bits per heavy atom. The molecule has 1 aliphatic rings. The second-order valence-electron chi connectivity index (χ2n) is 8.19. The molecule has 2 aromatic heterocycles. The highest BCUT2D eigenvalue weighted by Gasteiger charge is 2.27. The lowest BCUT2D eigenvalue weighted by atomic mass is 10.1. The fourth-order valence-corrected chi connectivity index (χ4v) is 3.69. The Morgan fingerprint density at radius 1 is 1.12 bits per heavy atom. The average Bonchev–Trinajstić information content (AvgIpc) is 3.52. The van der Waals surface area contributed by atoms with Gasteiger partial charge in [0.15, 0.2) is 5.82 Å². The van der Waals surface area contributed by atoms with Gasteiger partial charge >= 0.3 is 0 Å². The predicted molar refractivity (Wildman–Crippen MR) is 123 cm³/mol. The molecule has 2 aromatic carbocycles. The number of aromatic amines is 1. The molecule has 7 nitrogen and oxygen atoms in total. The molecular formula is C25H23N5O2. The topological polar surface area (TPSA) is 92.7 Å². The Kier molecular flexibility index (Phi) is 5.15. The third-order valence-electron chi connectivity index (χ3n) is 5.57. The van der Waals surface area contributed by atoms with Crippen molar-refractivity contribution in [1.82, 2.24) is 19.7 Å². The molecule has 2 N–H and O–H groups in total. The van der Waals surface area contributed by atoms with Gasteiger partial charge < -0.3 is 9.88 Å². The van der Waals surface area contributed by atoms with Crippen molar-refractivity contribution in [2.24, 2.45) is 0 Å². The summed E-state index contributed by atoms with van der Waals surface area (Å²) in [6.07, 6.45) is 4.01. The lowest BCUT2D eigenvalue weighted by Gasteiger charge is -2.10. The highest BCUT2D eigenvalue weighted by Crippen LogP contribution is 2.38. The number of aryl methyl sites for hydroxylation is 1. The maximum atomic E-state index is 12.9. The van der Waals surface area contributed by atoms with Crippen molar-refractivity contribution in [3.05, 3.63) is 99.7 Å². The normalized spacial score (nSPS) is 13.2. The molecule has 0 saturated heterocycles. The van der Waals surface area contributed by atoms with Crippen LogP contribution in [0.25, 0.3) is 11.4 Å². The first kappa shape index (κ1) is 19.9. The second kappa shape index (κ2) is 8.26. The second-order valence-corrected chi connectivity index (χ2v) is 8.19. The zero-order valence-corrected chi connectivity index (χ0v) is 17.7. The van der Waals surface area contributed by atoms with Crippen LogP contribution in [0.3, 0.4) is 0 Å². The van der Waals surface area contributed by atoms with Crippen LogP contribution in [0, 0.1) is 6.92 Å². The number of pyridine rings is 1. The van der Waals surface area contributed by atoms with Gasteiger partial charge in [0.1, 0.15) is 11.4 Å². The van der Waals surface area contributed by atoms with Gasteiger partial charge in [-0.05, 0) is 61.7 Å². The number of anilines is 1. The van der Waals surface area contributed by atoms with Gasteiger partial charge in [-0.2, -0.15) is 5.10 Å². The van der Waals surface area contributed by atoms with Gasteiger partial charge in [0.2, 0.25) is 0 Å². The van der Waals surface area contributed by atoms with Crippen molar-refractivity contribution >= 4 is 11.6 Å². The molecule has 160 valence electrons. The number of rotatable bonds is 6. The van der Waals surface area contributed by atoms with Crippen LogP contribution in [-0.2, 0) is 6.54 Å². The molecule has 0 spiro atoms. The van der Waals surface area contributed by atoms with Crippen molar-refractivity contribution in [2.45, 2.75) is 32.2 Å². The summed E-state index contributed by atoms with van der Waals surface area (Å²) in [5.74, 6) is 1.65. The van der Waals surface area contributed by atoms with Crippen LogP contribution >= 0.6 is 0 Å². The predicted octanol–water partition coefficient (Wildman–Crippen LogP) is 4.12. The summed E-state index contributed by atoms with van der Waals surface area (Å²) in [5.41, 5.74) is 3.39. The third kappa shape index (κ3) is 4.23. The van der Waals surface area contributed by atoms with Gasteiger partial charge in [-0.3, -0.25) is 14.7 Å². The van der Waals surface area contributed by atoms with E-state index in [1.165, 1.54) is 0 Å². The quantitative estimate of drug-likeness (QED) is 0.486. The number of carbonyl (C=O) groups is 1. The number of nitrogens with one attached hydrogen (secondary N) is 2. The van der Waals surface area contributed by atoms with Crippen LogP contribution in [0.1, 0.15) is 46.1 Å². The maximum absolute atomic E-state index is 12.9.